The van der Waals surface area contributed by atoms with Gasteiger partial charge in [-0.25, -0.2) is 14.3 Å². The Morgan fingerprint density at radius 2 is 1.76 bits per heavy atom. The highest BCUT2D eigenvalue weighted by Crippen LogP contribution is 2.43. The van der Waals surface area contributed by atoms with Crippen molar-refractivity contribution in [1.29, 1.82) is 0 Å². The summed E-state index contributed by atoms with van der Waals surface area (Å²) in [5.74, 6) is 1.10. The van der Waals surface area contributed by atoms with Crippen molar-refractivity contribution in [3.05, 3.63) is 100 Å². The third-order valence-corrected chi connectivity index (χ3v) is 9.93. The van der Waals surface area contributed by atoms with Crippen LogP contribution in [0.1, 0.15) is 104 Å². The number of piperidine rings is 1. The highest BCUT2D eigenvalue weighted by atomic mass is 16.6. The number of amides is 1. The van der Waals surface area contributed by atoms with E-state index in [0.717, 1.165) is 62.9 Å². The van der Waals surface area contributed by atoms with Crippen molar-refractivity contribution in [3.63, 3.8) is 0 Å². The Kier molecular flexibility index (Phi) is 10.1. The zero-order chi connectivity index (χ0) is 34.7. The van der Waals surface area contributed by atoms with Gasteiger partial charge in [-0.3, -0.25) is 0 Å². The van der Waals surface area contributed by atoms with Crippen LogP contribution in [0.5, 0.6) is 0 Å². The van der Waals surface area contributed by atoms with E-state index in [9.17, 15) is 9.59 Å². The summed E-state index contributed by atoms with van der Waals surface area (Å²) in [6.07, 6.45) is 7.49. The number of rotatable bonds is 9. The van der Waals surface area contributed by atoms with E-state index >= 15 is 0 Å². The molecule has 0 saturated carbocycles. The fourth-order valence-electron chi connectivity index (χ4n) is 7.67. The first-order valence-electron chi connectivity index (χ1n) is 17.8. The van der Waals surface area contributed by atoms with Crippen LogP contribution in [0, 0.1) is 0 Å². The van der Waals surface area contributed by atoms with Crippen molar-refractivity contribution < 1.29 is 19.1 Å². The van der Waals surface area contributed by atoms with E-state index in [-0.39, 0.29) is 12.1 Å². The molecule has 0 spiro atoms. The molecule has 1 atom stereocenters. The Morgan fingerprint density at radius 3 is 2.47 bits per heavy atom. The summed E-state index contributed by atoms with van der Waals surface area (Å²) in [5.41, 5.74) is 10.3. The maximum Gasteiger partial charge on any atom is 0.410 e. The maximum atomic E-state index is 12.6. The minimum Gasteiger partial charge on any atom is -0.462 e. The number of nitrogens with zero attached hydrogens (tertiary/aromatic N) is 3. The third kappa shape index (κ3) is 7.38. The number of ether oxygens (including phenoxy) is 2. The molecule has 0 radical (unpaired) electrons. The minimum atomic E-state index is -0.475. The molecular formula is C41H50N4O4. The van der Waals surface area contributed by atoms with E-state index < -0.39 is 5.60 Å². The van der Waals surface area contributed by atoms with Crippen LogP contribution in [0.2, 0.25) is 0 Å². The molecule has 1 aliphatic carbocycles. The molecule has 1 N–H and O–H groups in total. The van der Waals surface area contributed by atoms with Crippen LogP contribution in [0.25, 0.3) is 16.8 Å². The summed E-state index contributed by atoms with van der Waals surface area (Å²) in [7, 11) is 1.79. The predicted molar refractivity (Wildman–Crippen MR) is 195 cm³/mol. The van der Waals surface area contributed by atoms with Gasteiger partial charge in [0.15, 0.2) is 0 Å². The van der Waals surface area contributed by atoms with Gasteiger partial charge in [0.05, 0.1) is 18.5 Å². The smallest absolute Gasteiger partial charge is 0.410 e. The molecule has 6 rings (SSSR count). The van der Waals surface area contributed by atoms with Gasteiger partial charge in [0.1, 0.15) is 17.0 Å². The first-order valence-corrected chi connectivity index (χ1v) is 17.8. The topological polar surface area (TPSA) is 85.7 Å². The molecule has 1 saturated heterocycles. The van der Waals surface area contributed by atoms with Gasteiger partial charge < -0.3 is 19.7 Å². The average molecular weight is 663 g/mol. The van der Waals surface area contributed by atoms with Gasteiger partial charge >= 0.3 is 12.1 Å². The Bertz CT molecular complexity index is 1810. The standard InChI is InChI=1S/C41H50N4O4/c1-7-28-23-27(15-18-34(28)29-19-21-44(22-20-29)40(47)49-41(3,4)5)24-32-17-16-30-11-10-14-35(37(30)32)31-12-9-13-33(25-31)45-38(42-6)36(26-43-45)39(46)48-8-2/h9-15,18,23,25-26,29,32,42H,7-8,16-17,19-22,24H2,1-6H3/t32-/m1/s1. The number of hydrogen-bond acceptors (Lipinski definition) is 6. The van der Waals surface area contributed by atoms with Gasteiger partial charge in [-0.1, -0.05) is 55.5 Å². The molecule has 1 fully saturated rings. The molecule has 0 bridgehead atoms. The minimum absolute atomic E-state index is 0.202. The Morgan fingerprint density at radius 1 is 0.980 bits per heavy atom. The number of benzene rings is 3. The monoisotopic (exact) mass is 662 g/mol. The molecule has 8 heteroatoms. The number of likely N-dealkylation sites (tertiary alicyclic amines) is 1. The molecule has 2 heterocycles. The number of fused-ring (bicyclic) bond motifs is 1. The molecule has 8 nitrogen and oxygen atoms in total. The van der Waals surface area contributed by atoms with Crippen molar-refractivity contribution in [3.8, 4) is 16.8 Å². The normalized spacial score (nSPS) is 16.4. The second-order valence-electron chi connectivity index (χ2n) is 14.3. The van der Waals surface area contributed by atoms with Crippen LogP contribution in [-0.4, -0.2) is 59.1 Å². The number of esters is 1. The molecule has 0 unspecified atom stereocenters. The van der Waals surface area contributed by atoms with Crippen LogP contribution in [-0.2, 0) is 28.7 Å². The predicted octanol–water partition coefficient (Wildman–Crippen LogP) is 8.71. The Labute approximate surface area is 290 Å². The lowest BCUT2D eigenvalue weighted by atomic mass is 9.83. The number of anilines is 1. The van der Waals surface area contributed by atoms with Crippen LogP contribution in [0.3, 0.4) is 0 Å². The van der Waals surface area contributed by atoms with Crippen molar-refractivity contribution in [2.45, 2.75) is 90.6 Å². The lowest BCUT2D eigenvalue weighted by Crippen LogP contribution is -2.41. The fraction of sp³-hybridized carbons (Fsp3) is 0.439. The third-order valence-electron chi connectivity index (χ3n) is 9.93. The summed E-state index contributed by atoms with van der Waals surface area (Å²) < 4.78 is 12.6. The number of nitrogens with one attached hydrogen (secondary N) is 1. The molecule has 49 heavy (non-hydrogen) atoms. The molecule has 1 aromatic heterocycles. The molecular weight excluding hydrogens is 612 g/mol. The summed E-state index contributed by atoms with van der Waals surface area (Å²) in [4.78, 5) is 27.0. The van der Waals surface area contributed by atoms with Gasteiger partial charge in [0.2, 0.25) is 0 Å². The lowest BCUT2D eigenvalue weighted by Gasteiger charge is -2.34. The first kappa shape index (κ1) is 34.3. The van der Waals surface area contributed by atoms with Crippen LogP contribution in [0.4, 0.5) is 10.6 Å². The van der Waals surface area contributed by atoms with E-state index in [1.807, 2.05) is 31.7 Å². The van der Waals surface area contributed by atoms with Crippen molar-refractivity contribution in [1.82, 2.24) is 14.7 Å². The second kappa shape index (κ2) is 14.5. The summed E-state index contributed by atoms with van der Waals surface area (Å²) in [5, 5.41) is 7.69. The van der Waals surface area contributed by atoms with Crippen molar-refractivity contribution >= 4 is 17.9 Å². The molecule has 258 valence electrons. The Hall–Kier alpha value is -4.59. The molecule has 1 amide bonds. The van der Waals surface area contributed by atoms with Crippen LogP contribution >= 0.6 is 0 Å². The number of carbonyl (C=O) groups is 2. The molecule has 1 aliphatic heterocycles. The van der Waals surface area contributed by atoms with E-state index in [0.29, 0.717) is 29.8 Å². The molecule has 2 aliphatic rings. The lowest BCUT2D eigenvalue weighted by molar-refractivity contribution is 0.0204. The second-order valence-corrected chi connectivity index (χ2v) is 14.3. The van der Waals surface area contributed by atoms with Crippen molar-refractivity contribution in [2.75, 3.05) is 32.1 Å². The number of aryl methyl sites for hydroxylation is 2. The van der Waals surface area contributed by atoms with Crippen molar-refractivity contribution in [2.24, 2.45) is 0 Å². The quantitative estimate of drug-likeness (QED) is 0.181. The van der Waals surface area contributed by atoms with Crippen LogP contribution < -0.4 is 5.32 Å². The summed E-state index contributed by atoms with van der Waals surface area (Å²) >= 11 is 0. The van der Waals surface area contributed by atoms with Gasteiger partial charge in [-0.2, -0.15) is 5.10 Å². The van der Waals surface area contributed by atoms with E-state index in [1.54, 1.807) is 24.9 Å². The van der Waals surface area contributed by atoms with Gasteiger partial charge in [0.25, 0.3) is 0 Å². The first-order chi connectivity index (χ1) is 23.6. The number of aromatic nitrogens is 2. The molecule has 3 aromatic carbocycles. The Balaban J connectivity index is 1.21. The number of hydrogen-bond donors (Lipinski definition) is 1. The fourth-order valence-corrected chi connectivity index (χ4v) is 7.67. The van der Waals surface area contributed by atoms with Crippen LogP contribution in [0.15, 0.2) is 66.9 Å². The zero-order valence-electron chi connectivity index (χ0n) is 29.8. The average Bonchev–Trinajstić information content (AvgIpc) is 3.72. The highest BCUT2D eigenvalue weighted by Gasteiger charge is 2.30. The number of carbonyl (C=O) groups excluding carboxylic acids is 2. The zero-order valence-corrected chi connectivity index (χ0v) is 29.8. The highest BCUT2D eigenvalue weighted by molar-refractivity contribution is 5.95. The van der Waals surface area contributed by atoms with E-state index in [4.69, 9.17) is 9.47 Å². The maximum absolute atomic E-state index is 12.6. The summed E-state index contributed by atoms with van der Waals surface area (Å²) in [6.45, 7) is 11.6. The summed E-state index contributed by atoms with van der Waals surface area (Å²) in [6, 6.07) is 22.2. The van der Waals surface area contributed by atoms with Gasteiger partial charge in [-0.05, 0) is 129 Å². The van der Waals surface area contributed by atoms with Gasteiger partial charge in [-0.15, -0.1) is 0 Å². The SMILES string of the molecule is CCOC(=O)c1cnn(-c2cccc(-c3cccc4c3[C@@H](Cc3ccc(C5CCN(C(=O)OC(C)(C)C)CC5)c(CC)c3)CC4)c2)c1NC. The largest absolute Gasteiger partial charge is 0.462 e. The van der Waals surface area contributed by atoms with E-state index in [2.05, 4.69) is 71.9 Å². The molecule has 4 aromatic rings. The van der Waals surface area contributed by atoms with Gasteiger partial charge in [0, 0.05) is 20.1 Å². The van der Waals surface area contributed by atoms with E-state index in [1.165, 1.54) is 33.4 Å².